The van der Waals surface area contributed by atoms with Gasteiger partial charge in [0.05, 0.1) is 19.8 Å². The number of ether oxygens (including phenoxy) is 2. The van der Waals surface area contributed by atoms with E-state index in [9.17, 15) is 4.79 Å². The van der Waals surface area contributed by atoms with Gasteiger partial charge in [-0.05, 0) is 25.0 Å². The lowest BCUT2D eigenvalue weighted by Gasteiger charge is -2.27. The standard InChI is InChI=1S/C21H25N5O3/c1-2-29-20(27)17-14-24-21(26-9-11-28-12-10-26)25-19(17)22-8-7-15-13-23-18-6-4-3-5-16(15)18/h3-6,13-14,23H,2,7-12H2,1H3,(H,22,24,25). The third-order valence-corrected chi connectivity index (χ3v) is 4.93. The molecule has 152 valence electrons. The van der Waals surface area contributed by atoms with Gasteiger partial charge in [-0.25, -0.2) is 9.78 Å². The largest absolute Gasteiger partial charge is 0.462 e. The molecule has 1 fully saturated rings. The van der Waals surface area contributed by atoms with Crippen LogP contribution in [0.5, 0.6) is 0 Å². The fraction of sp³-hybridized carbons (Fsp3) is 0.381. The Morgan fingerprint density at radius 3 is 2.97 bits per heavy atom. The maximum Gasteiger partial charge on any atom is 0.343 e. The number of morpholine rings is 1. The number of hydrogen-bond donors (Lipinski definition) is 2. The number of hydrogen-bond acceptors (Lipinski definition) is 7. The number of carbonyl (C=O) groups excluding carboxylic acids is 1. The van der Waals surface area contributed by atoms with Gasteiger partial charge >= 0.3 is 5.97 Å². The van der Waals surface area contributed by atoms with E-state index >= 15 is 0 Å². The molecule has 1 aromatic carbocycles. The van der Waals surface area contributed by atoms with Gasteiger partial charge in [0, 0.05) is 42.9 Å². The minimum atomic E-state index is -0.421. The van der Waals surface area contributed by atoms with E-state index in [2.05, 4.69) is 37.3 Å². The van der Waals surface area contributed by atoms with Crippen LogP contribution in [0.4, 0.5) is 11.8 Å². The molecule has 4 rings (SSSR count). The lowest BCUT2D eigenvalue weighted by Crippen LogP contribution is -2.37. The monoisotopic (exact) mass is 395 g/mol. The van der Waals surface area contributed by atoms with Crippen LogP contribution in [-0.2, 0) is 15.9 Å². The highest BCUT2D eigenvalue weighted by Gasteiger charge is 2.20. The van der Waals surface area contributed by atoms with Crippen LogP contribution in [0.2, 0.25) is 0 Å². The maximum absolute atomic E-state index is 12.3. The first kappa shape index (κ1) is 19.2. The summed E-state index contributed by atoms with van der Waals surface area (Å²) in [5.74, 6) is 0.673. The second kappa shape index (κ2) is 8.91. The predicted molar refractivity (Wildman–Crippen MR) is 112 cm³/mol. The zero-order valence-electron chi connectivity index (χ0n) is 16.5. The van der Waals surface area contributed by atoms with Crippen LogP contribution in [0.1, 0.15) is 22.8 Å². The highest BCUT2D eigenvalue weighted by Crippen LogP contribution is 2.21. The Balaban J connectivity index is 1.52. The third-order valence-electron chi connectivity index (χ3n) is 4.93. The van der Waals surface area contributed by atoms with Crippen LogP contribution >= 0.6 is 0 Å². The maximum atomic E-state index is 12.3. The van der Waals surface area contributed by atoms with Gasteiger partial charge in [-0.15, -0.1) is 0 Å². The van der Waals surface area contributed by atoms with Crippen LogP contribution in [0.3, 0.4) is 0 Å². The summed E-state index contributed by atoms with van der Waals surface area (Å²) in [6, 6.07) is 8.21. The van der Waals surface area contributed by atoms with Crippen molar-refractivity contribution in [1.29, 1.82) is 0 Å². The molecule has 0 unspecified atom stereocenters. The summed E-state index contributed by atoms with van der Waals surface area (Å²) in [6.45, 7) is 5.47. The van der Waals surface area contributed by atoms with E-state index in [-0.39, 0.29) is 0 Å². The third kappa shape index (κ3) is 4.32. The summed E-state index contributed by atoms with van der Waals surface area (Å²) in [5.41, 5.74) is 2.68. The van der Waals surface area contributed by atoms with E-state index in [4.69, 9.17) is 9.47 Å². The number of benzene rings is 1. The summed E-state index contributed by atoms with van der Waals surface area (Å²) >= 11 is 0. The molecule has 0 radical (unpaired) electrons. The first-order valence-corrected chi connectivity index (χ1v) is 9.92. The Hall–Kier alpha value is -3.13. The lowest BCUT2D eigenvalue weighted by molar-refractivity contribution is 0.0526. The number of aromatic nitrogens is 3. The van der Waals surface area contributed by atoms with Gasteiger partial charge in [0.2, 0.25) is 5.95 Å². The topological polar surface area (TPSA) is 92.4 Å². The summed E-state index contributed by atoms with van der Waals surface area (Å²) in [6.07, 6.45) is 4.37. The number of aromatic amines is 1. The van der Waals surface area contributed by atoms with Crippen LogP contribution in [0.25, 0.3) is 10.9 Å². The predicted octanol–water partition coefficient (Wildman–Crippen LogP) is 2.63. The number of fused-ring (bicyclic) bond motifs is 1. The Morgan fingerprint density at radius 2 is 2.14 bits per heavy atom. The molecule has 0 bridgehead atoms. The van der Waals surface area contributed by atoms with Gasteiger partial charge in [0.1, 0.15) is 11.4 Å². The van der Waals surface area contributed by atoms with Crippen LogP contribution in [-0.4, -0.2) is 60.4 Å². The number of esters is 1. The fourth-order valence-corrected chi connectivity index (χ4v) is 3.44. The summed E-state index contributed by atoms with van der Waals surface area (Å²) in [5, 5.41) is 4.52. The normalized spacial score (nSPS) is 14.2. The van der Waals surface area contributed by atoms with Crippen molar-refractivity contribution in [1.82, 2.24) is 15.0 Å². The highest BCUT2D eigenvalue weighted by atomic mass is 16.5. The Bertz CT molecular complexity index is 981. The average molecular weight is 395 g/mol. The molecule has 8 nitrogen and oxygen atoms in total. The molecule has 1 aliphatic heterocycles. The van der Waals surface area contributed by atoms with Gasteiger partial charge in [-0.1, -0.05) is 18.2 Å². The highest BCUT2D eigenvalue weighted by molar-refractivity contribution is 5.94. The number of carbonyl (C=O) groups is 1. The Morgan fingerprint density at radius 1 is 1.31 bits per heavy atom. The van der Waals surface area contributed by atoms with Gasteiger partial charge in [0.25, 0.3) is 0 Å². The van der Waals surface area contributed by atoms with Crippen molar-refractivity contribution in [2.75, 3.05) is 49.7 Å². The zero-order valence-corrected chi connectivity index (χ0v) is 16.5. The molecule has 0 spiro atoms. The van der Waals surface area contributed by atoms with Crippen molar-refractivity contribution in [3.05, 3.63) is 47.8 Å². The first-order valence-electron chi connectivity index (χ1n) is 9.92. The molecular weight excluding hydrogens is 370 g/mol. The number of nitrogens with one attached hydrogen (secondary N) is 2. The molecule has 0 aliphatic carbocycles. The molecule has 1 aliphatic rings. The van der Waals surface area contributed by atoms with Crippen LogP contribution in [0, 0.1) is 0 Å². The van der Waals surface area contributed by atoms with Crippen molar-refractivity contribution in [2.24, 2.45) is 0 Å². The number of para-hydroxylation sites is 1. The van der Waals surface area contributed by atoms with Gasteiger partial charge in [0.15, 0.2) is 0 Å². The quantitative estimate of drug-likeness (QED) is 0.594. The van der Waals surface area contributed by atoms with E-state index in [0.29, 0.717) is 43.7 Å². The van der Waals surface area contributed by atoms with E-state index < -0.39 is 5.97 Å². The lowest BCUT2D eigenvalue weighted by atomic mass is 10.1. The summed E-state index contributed by atoms with van der Waals surface area (Å²) < 4.78 is 10.6. The van der Waals surface area contributed by atoms with Crippen molar-refractivity contribution < 1.29 is 14.3 Å². The van der Waals surface area contributed by atoms with Gasteiger partial charge in [-0.3, -0.25) is 0 Å². The Labute approximate surface area is 169 Å². The molecule has 1 saturated heterocycles. The summed E-state index contributed by atoms with van der Waals surface area (Å²) in [4.78, 5) is 26.7. The molecular formula is C21H25N5O3. The second-order valence-electron chi connectivity index (χ2n) is 6.79. The SMILES string of the molecule is CCOC(=O)c1cnc(N2CCOCC2)nc1NCCc1c[nH]c2ccccc12. The number of nitrogens with zero attached hydrogens (tertiary/aromatic N) is 3. The molecule has 3 heterocycles. The number of anilines is 2. The Kier molecular flexibility index (Phi) is 5.90. The van der Waals surface area contributed by atoms with Crippen LogP contribution < -0.4 is 10.2 Å². The molecule has 0 atom stereocenters. The van der Waals surface area contributed by atoms with Gasteiger partial charge < -0.3 is 24.7 Å². The number of H-pyrrole nitrogens is 1. The molecule has 2 aromatic heterocycles. The smallest absolute Gasteiger partial charge is 0.343 e. The van der Waals surface area contributed by atoms with Crippen molar-refractivity contribution in [2.45, 2.75) is 13.3 Å². The van der Waals surface area contributed by atoms with E-state index in [1.807, 2.05) is 18.3 Å². The second-order valence-corrected chi connectivity index (χ2v) is 6.79. The molecule has 3 aromatic rings. The minimum absolute atomic E-state index is 0.304. The molecule has 2 N–H and O–H groups in total. The van der Waals surface area contributed by atoms with Crippen molar-refractivity contribution >= 4 is 28.6 Å². The van der Waals surface area contributed by atoms with E-state index in [1.54, 1.807) is 13.1 Å². The fourth-order valence-electron chi connectivity index (χ4n) is 3.44. The molecule has 8 heteroatoms. The van der Waals surface area contributed by atoms with Gasteiger partial charge in [-0.2, -0.15) is 4.98 Å². The minimum Gasteiger partial charge on any atom is -0.462 e. The first-order chi connectivity index (χ1) is 14.3. The zero-order chi connectivity index (χ0) is 20.1. The number of rotatable bonds is 7. The van der Waals surface area contributed by atoms with Crippen molar-refractivity contribution in [3.63, 3.8) is 0 Å². The average Bonchev–Trinajstić information content (AvgIpc) is 3.18. The molecule has 29 heavy (non-hydrogen) atoms. The van der Waals surface area contributed by atoms with Crippen LogP contribution in [0.15, 0.2) is 36.7 Å². The summed E-state index contributed by atoms with van der Waals surface area (Å²) in [7, 11) is 0. The van der Waals surface area contributed by atoms with Crippen molar-refractivity contribution in [3.8, 4) is 0 Å². The van der Waals surface area contributed by atoms with E-state index in [1.165, 1.54) is 10.9 Å². The molecule has 0 saturated carbocycles. The van der Waals surface area contributed by atoms with E-state index in [0.717, 1.165) is 25.0 Å². The molecule has 0 amide bonds.